The molecule has 0 radical (unpaired) electrons. The van der Waals surface area contributed by atoms with E-state index in [1.165, 1.54) is 0 Å². The van der Waals surface area contributed by atoms with E-state index in [9.17, 15) is 4.79 Å². The molecule has 1 saturated heterocycles. The van der Waals surface area contributed by atoms with E-state index in [-0.39, 0.29) is 5.97 Å². The van der Waals surface area contributed by atoms with Gasteiger partial charge in [0.05, 0.1) is 12.2 Å². The third kappa shape index (κ3) is 4.46. The van der Waals surface area contributed by atoms with Crippen molar-refractivity contribution in [2.45, 2.75) is 45.2 Å². The van der Waals surface area contributed by atoms with E-state index < -0.39 is 0 Å². The van der Waals surface area contributed by atoms with E-state index in [0.29, 0.717) is 24.3 Å². The number of hydrogen-bond donors (Lipinski definition) is 1. The molecule has 1 fully saturated rings. The quantitative estimate of drug-likeness (QED) is 0.846. The zero-order chi connectivity index (χ0) is 15.2. The smallest absolute Gasteiger partial charge is 0.338 e. The fourth-order valence-corrected chi connectivity index (χ4v) is 2.64. The maximum Gasteiger partial charge on any atom is 0.338 e. The average Bonchev–Trinajstić information content (AvgIpc) is 2.49. The van der Waals surface area contributed by atoms with Crippen molar-refractivity contribution in [2.75, 3.05) is 25.5 Å². The molecule has 0 amide bonds. The van der Waals surface area contributed by atoms with Gasteiger partial charge in [-0.3, -0.25) is 0 Å². The first-order valence-electron chi connectivity index (χ1n) is 7.84. The number of ether oxygens (including phenoxy) is 1. The van der Waals surface area contributed by atoms with Gasteiger partial charge in [0.1, 0.15) is 0 Å². The number of benzene rings is 1. The number of rotatable bonds is 5. The number of likely N-dealkylation sites (tertiary alicyclic amines) is 1. The summed E-state index contributed by atoms with van der Waals surface area (Å²) >= 11 is 0. The molecule has 4 nitrogen and oxygen atoms in total. The van der Waals surface area contributed by atoms with Crippen LogP contribution in [0.1, 0.15) is 43.5 Å². The molecule has 2 rings (SSSR count). The third-order valence-electron chi connectivity index (χ3n) is 4.14. The zero-order valence-electron chi connectivity index (χ0n) is 13.3. The minimum Gasteiger partial charge on any atom is -0.462 e. The molecule has 0 aliphatic carbocycles. The number of carbonyl (C=O) groups excluding carboxylic acids is 1. The highest BCUT2D eigenvalue weighted by atomic mass is 16.5. The summed E-state index contributed by atoms with van der Waals surface area (Å²) in [7, 11) is 2.18. The lowest BCUT2D eigenvalue weighted by Gasteiger charge is -2.35. The molecule has 0 aromatic heterocycles. The van der Waals surface area contributed by atoms with Gasteiger partial charge >= 0.3 is 5.97 Å². The number of carbonyl (C=O) groups is 1. The minimum absolute atomic E-state index is 0.240. The second-order valence-electron chi connectivity index (χ2n) is 5.91. The Kier molecular flexibility index (Phi) is 5.62. The number of hydrogen-bond acceptors (Lipinski definition) is 4. The number of anilines is 1. The van der Waals surface area contributed by atoms with Crippen LogP contribution in [0.2, 0.25) is 0 Å². The first-order valence-corrected chi connectivity index (χ1v) is 7.84. The Balaban J connectivity index is 1.89. The highest BCUT2D eigenvalue weighted by Gasteiger charge is 2.22. The monoisotopic (exact) mass is 290 g/mol. The summed E-state index contributed by atoms with van der Waals surface area (Å²) in [6.07, 6.45) is 3.15. The molecule has 0 spiro atoms. The molecule has 2 unspecified atom stereocenters. The van der Waals surface area contributed by atoms with Crippen LogP contribution in [0.3, 0.4) is 0 Å². The zero-order valence-corrected chi connectivity index (χ0v) is 13.3. The van der Waals surface area contributed by atoms with Crippen LogP contribution in [-0.4, -0.2) is 43.2 Å². The molecule has 2 atom stereocenters. The highest BCUT2D eigenvalue weighted by molar-refractivity contribution is 5.89. The van der Waals surface area contributed by atoms with Gasteiger partial charge < -0.3 is 15.0 Å². The molecule has 1 aromatic carbocycles. The molecule has 1 heterocycles. The highest BCUT2D eigenvalue weighted by Crippen LogP contribution is 2.20. The summed E-state index contributed by atoms with van der Waals surface area (Å²) in [4.78, 5) is 14.1. The van der Waals surface area contributed by atoms with Gasteiger partial charge in [-0.1, -0.05) is 6.92 Å². The van der Waals surface area contributed by atoms with Crippen molar-refractivity contribution in [3.05, 3.63) is 29.8 Å². The van der Waals surface area contributed by atoms with Crippen LogP contribution in [0.5, 0.6) is 0 Å². The lowest BCUT2D eigenvalue weighted by Crippen LogP contribution is -2.42. The Bertz CT molecular complexity index is 458. The van der Waals surface area contributed by atoms with E-state index in [1.807, 2.05) is 31.2 Å². The molecule has 1 aliphatic rings. The van der Waals surface area contributed by atoms with E-state index >= 15 is 0 Å². The maximum absolute atomic E-state index is 11.7. The summed E-state index contributed by atoms with van der Waals surface area (Å²) < 4.78 is 5.13. The van der Waals surface area contributed by atoms with E-state index in [4.69, 9.17) is 4.74 Å². The molecular formula is C17H26N2O2. The van der Waals surface area contributed by atoms with E-state index in [1.54, 1.807) is 0 Å². The topological polar surface area (TPSA) is 41.6 Å². The normalized spacial score (nSPS) is 22.8. The van der Waals surface area contributed by atoms with Crippen LogP contribution < -0.4 is 5.32 Å². The molecule has 0 saturated carbocycles. The van der Waals surface area contributed by atoms with Crippen LogP contribution in [0.4, 0.5) is 5.69 Å². The van der Waals surface area contributed by atoms with Gasteiger partial charge in [-0.2, -0.15) is 0 Å². The Morgan fingerprint density at radius 3 is 2.71 bits per heavy atom. The molecule has 1 aliphatic heterocycles. The van der Waals surface area contributed by atoms with E-state index in [0.717, 1.165) is 31.5 Å². The Morgan fingerprint density at radius 1 is 1.38 bits per heavy atom. The minimum atomic E-state index is -0.240. The Labute approximate surface area is 127 Å². The molecule has 1 aromatic rings. The standard InChI is InChI=1S/C17H26N2O2/c1-4-11-21-17(20)14-5-7-15(8-6-14)18-16-9-10-19(3)13(2)12-16/h5-8,13,16,18H,4,9-12H2,1-3H3. The first kappa shape index (κ1) is 15.8. The summed E-state index contributed by atoms with van der Waals surface area (Å²) in [5.74, 6) is -0.240. The fraction of sp³-hybridized carbons (Fsp3) is 0.588. The van der Waals surface area contributed by atoms with Crippen molar-refractivity contribution in [2.24, 2.45) is 0 Å². The predicted molar refractivity (Wildman–Crippen MR) is 85.8 cm³/mol. The van der Waals surface area contributed by atoms with Crippen molar-refractivity contribution >= 4 is 11.7 Å². The molecular weight excluding hydrogens is 264 g/mol. The molecule has 1 N–H and O–H groups in total. The number of nitrogens with one attached hydrogen (secondary N) is 1. The molecule has 0 bridgehead atoms. The SMILES string of the molecule is CCCOC(=O)c1ccc(NC2CCN(C)C(C)C2)cc1. The lowest BCUT2D eigenvalue weighted by molar-refractivity contribution is 0.0505. The van der Waals surface area contributed by atoms with Gasteiger partial charge in [0.25, 0.3) is 0 Å². The molecule has 116 valence electrons. The Hall–Kier alpha value is -1.55. The van der Waals surface area contributed by atoms with Crippen molar-refractivity contribution in [1.29, 1.82) is 0 Å². The third-order valence-corrected chi connectivity index (χ3v) is 4.14. The number of nitrogens with zero attached hydrogens (tertiary/aromatic N) is 1. The summed E-state index contributed by atoms with van der Waals surface area (Å²) in [5, 5.41) is 3.56. The van der Waals surface area contributed by atoms with E-state index in [2.05, 4.69) is 24.2 Å². The fourth-order valence-electron chi connectivity index (χ4n) is 2.64. The lowest BCUT2D eigenvalue weighted by atomic mass is 9.98. The summed E-state index contributed by atoms with van der Waals surface area (Å²) in [6.45, 7) is 5.86. The average molecular weight is 290 g/mol. The van der Waals surface area contributed by atoms with Gasteiger partial charge in [-0.25, -0.2) is 4.79 Å². The van der Waals surface area contributed by atoms with Gasteiger partial charge in [0.2, 0.25) is 0 Å². The molecule has 4 heteroatoms. The Morgan fingerprint density at radius 2 is 2.10 bits per heavy atom. The molecule has 21 heavy (non-hydrogen) atoms. The second-order valence-corrected chi connectivity index (χ2v) is 5.91. The van der Waals surface area contributed by atoms with Crippen molar-refractivity contribution in [3.63, 3.8) is 0 Å². The summed E-state index contributed by atoms with van der Waals surface area (Å²) in [6, 6.07) is 8.71. The van der Waals surface area contributed by atoms with Crippen LogP contribution in [0.15, 0.2) is 24.3 Å². The van der Waals surface area contributed by atoms with Gasteiger partial charge in [0, 0.05) is 24.3 Å². The number of piperidine rings is 1. The number of esters is 1. The largest absolute Gasteiger partial charge is 0.462 e. The summed E-state index contributed by atoms with van der Waals surface area (Å²) in [5.41, 5.74) is 1.69. The van der Waals surface area contributed by atoms with Crippen LogP contribution in [0, 0.1) is 0 Å². The van der Waals surface area contributed by atoms with Crippen LogP contribution in [-0.2, 0) is 4.74 Å². The van der Waals surface area contributed by atoms with Crippen molar-refractivity contribution in [1.82, 2.24) is 4.90 Å². The van der Waals surface area contributed by atoms with Crippen LogP contribution >= 0.6 is 0 Å². The van der Waals surface area contributed by atoms with Gasteiger partial charge in [-0.15, -0.1) is 0 Å². The van der Waals surface area contributed by atoms with Crippen molar-refractivity contribution in [3.8, 4) is 0 Å². The van der Waals surface area contributed by atoms with Gasteiger partial charge in [-0.05, 0) is 57.5 Å². The maximum atomic E-state index is 11.7. The van der Waals surface area contributed by atoms with Crippen LogP contribution in [0.25, 0.3) is 0 Å². The predicted octanol–water partition coefficient (Wildman–Crippen LogP) is 3.15. The van der Waals surface area contributed by atoms with Crippen molar-refractivity contribution < 1.29 is 9.53 Å². The van der Waals surface area contributed by atoms with Gasteiger partial charge in [0.15, 0.2) is 0 Å². The first-order chi connectivity index (χ1) is 10.1. The second kappa shape index (κ2) is 7.46.